The van der Waals surface area contributed by atoms with Crippen molar-refractivity contribution in [2.75, 3.05) is 38.5 Å². The van der Waals surface area contributed by atoms with Crippen molar-refractivity contribution in [3.05, 3.63) is 36.4 Å². The predicted octanol–water partition coefficient (Wildman–Crippen LogP) is 2.18. The molecular weight excluding hydrogens is 402 g/mol. The van der Waals surface area contributed by atoms with Crippen molar-refractivity contribution in [2.45, 2.75) is 31.8 Å². The molecule has 166 valence electrons. The van der Waals surface area contributed by atoms with E-state index in [1.807, 2.05) is 47.6 Å². The number of likely N-dealkylation sites (N-methyl/N-ethyl adjacent to an activating group) is 1. The van der Waals surface area contributed by atoms with Crippen molar-refractivity contribution < 1.29 is 0 Å². The van der Waals surface area contributed by atoms with Crippen molar-refractivity contribution >= 4 is 22.6 Å². The zero-order valence-corrected chi connectivity index (χ0v) is 18.9. The van der Waals surface area contributed by atoms with Crippen molar-refractivity contribution in [3.63, 3.8) is 0 Å². The molecule has 0 unspecified atom stereocenters. The predicted molar refractivity (Wildman–Crippen MR) is 125 cm³/mol. The quantitative estimate of drug-likeness (QED) is 0.531. The van der Waals surface area contributed by atoms with Gasteiger partial charge in [0, 0.05) is 57.1 Å². The summed E-state index contributed by atoms with van der Waals surface area (Å²) in [6.45, 7) is 6.70. The fourth-order valence-electron chi connectivity index (χ4n) is 4.88. The number of hydrogen-bond acceptors (Lipinski definition) is 7. The number of pyridine rings is 1. The van der Waals surface area contributed by atoms with Gasteiger partial charge in [-0.1, -0.05) is 0 Å². The van der Waals surface area contributed by atoms with E-state index >= 15 is 0 Å². The third kappa shape index (κ3) is 3.32. The van der Waals surface area contributed by atoms with E-state index in [1.54, 1.807) is 0 Å². The molecule has 6 rings (SSSR count). The highest BCUT2D eigenvalue weighted by atomic mass is 15.3. The van der Waals surface area contributed by atoms with Crippen LogP contribution in [-0.4, -0.2) is 84.2 Å². The van der Waals surface area contributed by atoms with E-state index in [4.69, 9.17) is 10.1 Å². The fourth-order valence-corrected chi connectivity index (χ4v) is 4.88. The summed E-state index contributed by atoms with van der Waals surface area (Å²) >= 11 is 0. The van der Waals surface area contributed by atoms with Gasteiger partial charge in [-0.05, 0) is 45.0 Å². The van der Waals surface area contributed by atoms with Crippen molar-refractivity contribution in [1.29, 1.82) is 0 Å². The molecule has 0 radical (unpaired) electrons. The van der Waals surface area contributed by atoms with Crippen LogP contribution in [0.1, 0.15) is 18.7 Å². The highest BCUT2D eigenvalue weighted by Crippen LogP contribution is 2.29. The Morgan fingerprint density at radius 2 is 1.81 bits per heavy atom. The molecule has 1 N–H and O–H groups in total. The van der Waals surface area contributed by atoms with Crippen LogP contribution in [0.3, 0.4) is 0 Å². The minimum atomic E-state index is 0.448. The Kier molecular flexibility index (Phi) is 4.62. The van der Waals surface area contributed by atoms with Crippen LogP contribution in [0.4, 0.5) is 5.95 Å². The van der Waals surface area contributed by atoms with Gasteiger partial charge in [0.15, 0.2) is 5.65 Å². The van der Waals surface area contributed by atoms with Crippen molar-refractivity contribution in [2.24, 2.45) is 7.05 Å². The van der Waals surface area contributed by atoms with E-state index in [1.165, 1.54) is 26.2 Å². The monoisotopic (exact) mass is 431 g/mol. The first-order valence-electron chi connectivity index (χ1n) is 11.4. The Bertz CT molecular complexity index is 1280. The Morgan fingerprint density at radius 1 is 1.00 bits per heavy atom. The number of nitrogens with zero attached hydrogens (tertiary/aromatic N) is 8. The number of aryl methyl sites for hydroxylation is 2. The van der Waals surface area contributed by atoms with Crippen LogP contribution in [0.5, 0.6) is 0 Å². The van der Waals surface area contributed by atoms with Crippen LogP contribution >= 0.6 is 0 Å². The van der Waals surface area contributed by atoms with E-state index in [0.29, 0.717) is 18.0 Å². The summed E-state index contributed by atoms with van der Waals surface area (Å²) in [5.74, 6) is 1.64. The molecule has 0 amide bonds. The van der Waals surface area contributed by atoms with Crippen LogP contribution in [0.25, 0.3) is 27.9 Å². The summed E-state index contributed by atoms with van der Waals surface area (Å²) in [6.07, 6.45) is 6.19. The normalized spacial score (nSPS) is 22.5. The maximum absolute atomic E-state index is 4.85. The highest BCUT2D eigenvalue weighted by molar-refractivity contribution is 5.82. The Hall–Kier alpha value is -3.04. The summed E-state index contributed by atoms with van der Waals surface area (Å²) in [4.78, 5) is 19.0. The molecule has 1 saturated carbocycles. The lowest BCUT2D eigenvalue weighted by atomic mass is 9.85. The summed E-state index contributed by atoms with van der Waals surface area (Å²) in [5.41, 5.74) is 4.68. The third-order valence-electron chi connectivity index (χ3n) is 7.13. The van der Waals surface area contributed by atoms with Gasteiger partial charge >= 0.3 is 0 Å². The Labute approximate surface area is 187 Å². The minimum Gasteiger partial charge on any atom is -0.350 e. The molecule has 1 saturated heterocycles. The lowest BCUT2D eigenvalue weighted by Crippen LogP contribution is -2.55. The van der Waals surface area contributed by atoms with Crippen LogP contribution in [0.15, 0.2) is 30.6 Å². The van der Waals surface area contributed by atoms with Gasteiger partial charge in [-0.25, -0.2) is 19.5 Å². The number of aromatic nitrogens is 6. The average Bonchev–Trinajstić information content (AvgIpc) is 3.31. The second-order valence-corrected chi connectivity index (χ2v) is 9.20. The maximum atomic E-state index is 4.85. The van der Waals surface area contributed by atoms with Gasteiger partial charge < -0.3 is 14.8 Å². The first-order valence-corrected chi connectivity index (χ1v) is 11.4. The summed E-state index contributed by atoms with van der Waals surface area (Å²) in [5, 5.41) is 8.23. The first kappa shape index (κ1) is 19.6. The summed E-state index contributed by atoms with van der Waals surface area (Å²) in [6, 6.07) is 7.24. The van der Waals surface area contributed by atoms with E-state index in [0.717, 1.165) is 46.6 Å². The lowest BCUT2D eigenvalue weighted by Gasteiger charge is -2.46. The molecule has 9 heteroatoms. The molecule has 0 spiro atoms. The van der Waals surface area contributed by atoms with Gasteiger partial charge in [0.05, 0.1) is 17.4 Å². The number of hydrogen-bond donors (Lipinski definition) is 1. The molecular formula is C23H29N9. The van der Waals surface area contributed by atoms with E-state index < -0.39 is 0 Å². The number of rotatable bonds is 4. The molecule has 2 fully saturated rings. The number of imidazole rings is 1. The summed E-state index contributed by atoms with van der Waals surface area (Å²) < 4.78 is 3.91. The van der Waals surface area contributed by atoms with Gasteiger partial charge in [-0.3, -0.25) is 4.90 Å². The molecule has 4 aromatic heterocycles. The Balaban J connectivity index is 1.17. The number of fused-ring (bicyclic) bond motifs is 2. The molecule has 32 heavy (non-hydrogen) atoms. The number of anilines is 1. The molecule has 4 aromatic rings. The van der Waals surface area contributed by atoms with Gasteiger partial charge in [0.2, 0.25) is 5.95 Å². The largest absolute Gasteiger partial charge is 0.350 e. The fraction of sp³-hybridized carbons (Fsp3) is 0.478. The summed E-state index contributed by atoms with van der Waals surface area (Å²) in [7, 11) is 4.20. The number of piperazine rings is 1. The first-order chi connectivity index (χ1) is 15.5. The van der Waals surface area contributed by atoms with Gasteiger partial charge in [0.1, 0.15) is 11.3 Å². The topological polar surface area (TPSA) is 79.4 Å². The molecule has 5 heterocycles. The molecule has 9 nitrogen and oxygen atoms in total. The second kappa shape index (κ2) is 7.53. The van der Waals surface area contributed by atoms with E-state index in [9.17, 15) is 0 Å². The average molecular weight is 432 g/mol. The lowest BCUT2D eigenvalue weighted by molar-refractivity contribution is 0.0656. The molecule has 0 bridgehead atoms. The maximum Gasteiger partial charge on any atom is 0.241 e. The van der Waals surface area contributed by atoms with E-state index in [2.05, 4.69) is 38.2 Å². The molecule has 0 aromatic carbocycles. The standard InChI is InChI=1S/C23H29N9/c1-15-25-20-5-4-19(27-22(20)30(15)3)18-6-7-32-21(18)14-24-23(28-32)26-16-12-17(13-16)31-10-8-29(2)9-11-31/h4-7,14,16-17H,8-13H2,1-3H3,(H,26,28)/t16-,17+. The van der Waals surface area contributed by atoms with Crippen LogP contribution in [-0.2, 0) is 7.05 Å². The van der Waals surface area contributed by atoms with Gasteiger partial charge in [0.25, 0.3) is 0 Å². The zero-order valence-electron chi connectivity index (χ0n) is 18.9. The van der Waals surface area contributed by atoms with Crippen LogP contribution < -0.4 is 5.32 Å². The minimum absolute atomic E-state index is 0.448. The highest BCUT2D eigenvalue weighted by Gasteiger charge is 2.35. The molecule has 0 atom stereocenters. The molecule has 2 aliphatic rings. The Morgan fingerprint density at radius 3 is 2.62 bits per heavy atom. The zero-order chi connectivity index (χ0) is 21.8. The van der Waals surface area contributed by atoms with Gasteiger partial charge in [-0.15, -0.1) is 5.10 Å². The van der Waals surface area contributed by atoms with Crippen LogP contribution in [0.2, 0.25) is 0 Å². The smallest absolute Gasteiger partial charge is 0.241 e. The van der Waals surface area contributed by atoms with Crippen molar-refractivity contribution in [1.82, 2.24) is 38.9 Å². The third-order valence-corrected chi connectivity index (χ3v) is 7.13. The van der Waals surface area contributed by atoms with Crippen molar-refractivity contribution in [3.8, 4) is 11.3 Å². The van der Waals surface area contributed by atoms with Gasteiger partial charge in [-0.2, -0.15) is 0 Å². The molecule has 1 aliphatic carbocycles. The van der Waals surface area contributed by atoms with Crippen LogP contribution in [0, 0.1) is 6.92 Å². The van der Waals surface area contributed by atoms with E-state index in [-0.39, 0.29) is 0 Å². The molecule has 1 aliphatic heterocycles. The SMILES string of the molecule is Cc1nc2ccc(-c3ccn4nc(N[C@H]5C[C@@H](N6CCN(C)CC6)C5)ncc34)nc2n1C. The second-order valence-electron chi connectivity index (χ2n) is 9.20. The number of nitrogens with one attached hydrogen (secondary N) is 1.